The van der Waals surface area contributed by atoms with Crippen LogP contribution < -0.4 is 14.8 Å². The summed E-state index contributed by atoms with van der Waals surface area (Å²) in [6, 6.07) is 11.4. The number of hydrogen-bond acceptors (Lipinski definition) is 3. The lowest BCUT2D eigenvalue weighted by molar-refractivity contribution is 0.102. The van der Waals surface area contributed by atoms with Crippen LogP contribution in [-0.4, -0.2) is 19.1 Å². The predicted octanol–water partition coefficient (Wildman–Crippen LogP) is 4.22. The van der Waals surface area contributed by atoms with E-state index in [1.807, 2.05) is 19.9 Å². The van der Waals surface area contributed by atoms with E-state index in [9.17, 15) is 4.79 Å². The average Bonchev–Trinajstić information content (AvgIpc) is 3.02. The van der Waals surface area contributed by atoms with Crippen LogP contribution in [-0.2, 0) is 12.8 Å². The highest BCUT2D eigenvalue weighted by Crippen LogP contribution is 2.30. The molecule has 0 aliphatic heterocycles. The van der Waals surface area contributed by atoms with Crippen LogP contribution in [0.3, 0.4) is 0 Å². The minimum atomic E-state index is -0.151. The summed E-state index contributed by atoms with van der Waals surface area (Å²) >= 11 is 0. The van der Waals surface area contributed by atoms with Crippen molar-refractivity contribution in [2.45, 2.75) is 39.2 Å². The molecule has 0 heterocycles. The molecule has 2 aromatic rings. The van der Waals surface area contributed by atoms with Crippen molar-refractivity contribution in [2.75, 3.05) is 12.4 Å². The van der Waals surface area contributed by atoms with Gasteiger partial charge in [0.2, 0.25) is 0 Å². The maximum atomic E-state index is 12.5. The van der Waals surface area contributed by atoms with E-state index in [1.54, 1.807) is 25.3 Å². The van der Waals surface area contributed by atoms with E-state index in [0.29, 0.717) is 17.1 Å². The van der Waals surface area contributed by atoms with Crippen LogP contribution in [0, 0.1) is 0 Å². The number of nitrogens with one attached hydrogen (secondary N) is 1. The van der Waals surface area contributed by atoms with Crippen LogP contribution in [0.4, 0.5) is 5.69 Å². The number of rotatable bonds is 5. The maximum Gasteiger partial charge on any atom is 0.255 e. The zero-order chi connectivity index (χ0) is 17.1. The van der Waals surface area contributed by atoms with Crippen molar-refractivity contribution >= 4 is 11.6 Å². The zero-order valence-corrected chi connectivity index (χ0v) is 14.4. The number of ether oxygens (including phenoxy) is 2. The Morgan fingerprint density at radius 2 is 1.83 bits per heavy atom. The standard InChI is InChI=1S/C20H23NO3/c1-13(2)24-18-10-8-16(12-19(18)23-3)20(22)21-17-9-7-14-5-4-6-15(14)11-17/h7-13H,4-6H2,1-3H3,(H,21,22). The highest BCUT2D eigenvalue weighted by molar-refractivity contribution is 6.04. The third kappa shape index (κ3) is 3.53. The quantitative estimate of drug-likeness (QED) is 0.895. The number of fused-ring (bicyclic) bond motifs is 1. The van der Waals surface area contributed by atoms with Gasteiger partial charge in [-0.25, -0.2) is 0 Å². The van der Waals surface area contributed by atoms with Crippen molar-refractivity contribution in [3.63, 3.8) is 0 Å². The molecule has 3 rings (SSSR count). The van der Waals surface area contributed by atoms with Crippen molar-refractivity contribution in [1.82, 2.24) is 0 Å². The summed E-state index contributed by atoms with van der Waals surface area (Å²) in [6.45, 7) is 3.90. The Kier molecular flexibility index (Phi) is 4.74. The molecule has 1 amide bonds. The second-order valence-electron chi connectivity index (χ2n) is 6.32. The SMILES string of the molecule is COc1cc(C(=O)Nc2ccc3c(c2)CCC3)ccc1OC(C)C. The molecule has 0 unspecified atom stereocenters. The second kappa shape index (κ2) is 6.95. The van der Waals surface area contributed by atoms with Gasteiger partial charge in [-0.3, -0.25) is 4.79 Å². The first-order valence-electron chi connectivity index (χ1n) is 8.34. The number of carbonyl (C=O) groups is 1. The summed E-state index contributed by atoms with van der Waals surface area (Å²) < 4.78 is 11.0. The Morgan fingerprint density at radius 3 is 2.58 bits per heavy atom. The van der Waals surface area contributed by atoms with Gasteiger partial charge in [-0.2, -0.15) is 0 Å². The Bertz CT molecular complexity index is 753. The molecule has 0 aromatic heterocycles. The lowest BCUT2D eigenvalue weighted by Crippen LogP contribution is -2.13. The summed E-state index contributed by atoms with van der Waals surface area (Å²) in [4.78, 5) is 12.5. The molecule has 0 saturated carbocycles. The van der Waals surface area contributed by atoms with Crippen LogP contribution in [0.15, 0.2) is 36.4 Å². The van der Waals surface area contributed by atoms with Crippen LogP contribution >= 0.6 is 0 Å². The maximum absolute atomic E-state index is 12.5. The minimum Gasteiger partial charge on any atom is -0.493 e. The summed E-state index contributed by atoms with van der Waals surface area (Å²) in [5, 5.41) is 2.96. The summed E-state index contributed by atoms with van der Waals surface area (Å²) in [7, 11) is 1.57. The monoisotopic (exact) mass is 325 g/mol. The number of aryl methyl sites for hydroxylation is 2. The van der Waals surface area contributed by atoms with Gasteiger partial charge < -0.3 is 14.8 Å². The first-order chi connectivity index (χ1) is 11.6. The molecule has 1 aliphatic carbocycles. The van der Waals surface area contributed by atoms with E-state index in [2.05, 4.69) is 17.4 Å². The number of carbonyl (C=O) groups excluding carboxylic acids is 1. The molecule has 0 bridgehead atoms. The van der Waals surface area contributed by atoms with Gasteiger partial charge in [-0.1, -0.05) is 6.07 Å². The van der Waals surface area contributed by atoms with Crippen LogP contribution in [0.5, 0.6) is 11.5 Å². The Balaban J connectivity index is 1.77. The van der Waals surface area contributed by atoms with Gasteiger partial charge in [0.05, 0.1) is 13.2 Å². The smallest absolute Gasteiger partial charge is 0.255 e. The Hall–Kier alpha value is -2.49. The molecule has 0 radical (unpaired) electrons. The van der Waals surface area contributed by atoms with Gasteiger partial charge in [0.15, 0.2) is 11.5 Å². The fraction of sp³-hybridized carbons (Fsp3) is 0.350. The molecule has 24 heavy (non-hydrogen) atoms. The predicted molar refractivity (Wildman–Crippen MR) is 95.2 cm³/mol. The second-order valence-corrected chi connectivity index (χ2v) is 6.32. The highest BCUT2D eigenvalue weighted by atomic mass is 16.5. The van der Waals surface area contributed by atoms with Crippen molar-refractivity contribution < 1.29 is 14.3 Å². The van der Waals surface area contributed by atoms with Gasteiger partial charge in [-0.05, 0) is 74.6 Å². The van der Waals surface area contributed by atoms with Gasteiger partial charge in [0.25, 0.3) is 5.91 Å². The molecule has 126 valence electrons. The van der Waals surface area contributed by atoms with E-state index in [0.717, 1.165) is 18.5 Å². The molecular weight excluding hydrogens is 302 g/mol. The Labute approximate surface area is 142 Å². The van der Waals surface area contributed by atoms with E-state index >= 15 is 0 Å². The lowest BCUT2D eigenvalue weighted by atomic mass is 10.1. The lowest BCUT2D eigenvalue weighted by Gasteiger charge is -2.14. The van der Waals surface area contributed by atoms with Crippen LogP contribution in [0.2, 0.25) is 0 Å². The van der Waals surface area contributed by atoms with E-state index in [1.165, 1.54) is 17.5 Å². The first kappa shape index (κ1) is 16.4. The molecule has 1 aliphatic rings. The molecular formula is C20H23NO3. The Morgan fingerprint density at radius 1 is 1.04 bits per heavy atom. The van der Waals surface area contributed by atoms with Gasteiger partial charge in [-0.15, -0.1) is 0 Å². The van der Waals surface area contributed by atoms with Crippen molar-refractivity contribution in [1.29, 1.82) is 0 Å². The van der Waals surface area contributed by atoms with Crippen LogP contribution in [0.25, 0.3) is 0 Å². The number of benzene rings is 2. The fourth-order valence-electron chi connectivity index (χ4n) is 3.01. The minimum absolute atomic E-state index is 0.0463. The molecule has 0 fully saturated rings. The van der Waals surface area contributed by atoms with E-state index in [-0.39, 0.29) is 12.0 Å². The van der Waals surface area contributed by atoms with Gasteiger partial charge >= 0.3 is 0 Å². The topological polar surface area (TPSA) is 47.6 Å². The molecule has 2 aromatic carbocycles. The van der Waals surface area contributed by atoms with Crippen LogP contribution in [0.1, 0.15) is 41.8 Å². The van der Waals surface area contributed by atoms with Crippen molar-refractivity contribution in [2.24, 2.45) is 0 Å². The summed E-state index contributed by atoms with van der Waals surface area (Å²) in [5.41, 5.74) is 4.11. The first-order valence-corrected chi connectivity index (χ1v) is 8.34. The normalized spacial score (nSPS) is 12.8. The largest absolute Gasteiger partial charge is 0.493 e. The third-order valence-electron chi connectivity index (χ3n) is 4.14. The highest BCUT2D eigenvalue weighted by Gasteiger charge is 2.14. The van der Waals surface area contributed by atoms with E-state index < -0.39 is 0 Å². The average molecular weight is 325 g/mol. The molecule has 1 N–H and O–H groups in total. The van der Waals surface area contributed by atoms with E-state index in [4.69, 9.17) is 9.47 Å². The number of methoxy groups -OCH3 is 1. The third-order valence-corrected chi connectivity index (χ3v) is 4.14. The molecule has 0 spiro atoms. The molecule has 0 saturated heterocycles. The van der Waals surface area contributed by atoms with Crippen molar-refractivity contribution in [3.05, 3.63) is 53.1 Å². The summed E-state index contributed by atoms with van der Waals surface area (Å²) in [5.74, 6) is 1.05. The molecule has 0 atom stereocenters. The van der Waals surface area contributed by atoms with Crippen molar-refractivity contribution in [3.8, 4) is 11.5 Å². The molecule has 4 heteroatoms. The number of amides is 1. The van der Waals surface area contributed by atoms with Gasteiger partial charge in [0, 0.05) is 11.3 Å². The van der Waals surface area contributed by atoms with Gasteiger partial charge in [0.1, 0.15) is 0 Å². The fourth-order valence-corrected chi connectivity index (χ4v) is 3.01. The number of anilines is 1. The summed E-state index contributed by atoms with van der Waals surface area (Å²) in [6.07, 6.45) is 3.47. The number of hydrogen-bond donors (Lipinski definition) is 1. The zero-order valence-electron chi connectivity index (χ0n) is 14.4. The molecule has 4 nitrogen and oxygen atoms in total.